The zero-order valence-electron chi connectivity index (χ0n) is 19.5. The van der Waals surface area contributed by atoms with Crippen LogP contribution in [-0.4, -0.2) is 45.6 Å². The molecule has 0 aliphatic carbocycles. The SMILES string of the molecule is CC(c1ccccc1)N(Cc1ccc2c(c1)C(=O)N(C1CCC(=O)NC1=O)C2)CC(C)(C)N. The second kappa shape index (κ2) is 9.08. The maximum Gasteiger partial charge on any atom is 0.255 e. The van der Waals surface area contributed by atoms with Crippen molar-refractivity contribution >= 4 is 17.7 Å². The molecule has 7 heteroatoms. The van der Waals surface area contributed by atoms with E-state index in [1.165, 1.54) is 5.56 Å². The molecule has 0 aromatic heterocycles. The largest absolute Gasteiger partial charge is 0.324 e. The van der Waals surface area contributed by atoms with E-state index in [0.29, 0.717) is 31.6 Å². The van der Waals surface area contributed by atoms with Crippen LogP contribution in [0.25, 0.3) is 0 Å². The number of nitrogens with one attached hydrogen (secondary N) is 1. The van der Waals surface area contributed by atoms with E-state index >= 15 is 0 Å². The highest BCUT2D eigenvalue weighted by molar-refractivity contribution is 6.05. The summed E-state index contributed by atoms with van der Waals surface area (Å²) < 4.78 is 0. The van der Waals surface area contributed by atoms with Gasteiger partial charge in [-0.3, -0.25) is 24.6 Å². The summed E-state index contributed by atoms with van der Waals surface area (Å²) in [5.41, 5.74) is 9.79. The highest BCUT2D eigenvalue weighted by atomic mass is 16.2. The topological polar surface area (TPSA) is 95.7 Å². The van der Waals surface area contributed by atoms with Crippen molar-refractivity contribution in [2.24, 2.45) is 5.73 Å². The molecule has 3 amide bonds. The fourth-order valence-corrected chi connectivity index (χ4v) is 4.73. The van der Waals surface area contributed by atoms with Gasteiger partial charge in [0.1, 0.15) is 6.04 Å². The van der Waals surface area contributed by atoms with Crippen molar-refractivity contribution in [3.63, 3.8) is 0 Å². The molecular weight excluding hydrogens is 416 g/mol. The van der Waals surface area contributed by atoms with Crippen LogP contribution < -0.4 is 11.1 Å². The van der Waals surface area contributed by atoms with E-state index in [4.69, 9.17) is 5.73 Å². The molecule has 2 unspecified atom stereocenters. The van der Waals surface area contributed by atoms with Crippen molar-refractivity contribution < 1.29 is 14.4 Å². The third-order valence-electron chi connectivity index (χ3n) is 6.42. The summed E-state index contributed by atoms with van der Waals surface area (Å²) in [6, 6.07) is 15.8. The third-order valence-corrected chi connectivity index (χ3v) is 6.42. The Morgan fingerprint density at radius 2 is 1.88 bits per heavy atom. The number of nitrogens with zero attached hydrogens (tertiary/aromatic N) is 2. The van der Waals surface area contributed by atoms with Gasteiger partial charge in [0, 0.05) is 43.2 Å². The lowest BCUT2D eigenvalue weighted by atomic mass is 10.00. The summed E-state index contributed by atoms with van der Waals surface area (Å²) in [5, 5.41) is 2.35. The van der Waals surface area contributed by atoms with Gasteiger partial charge in [-0.25, -0.2) is 0 Å². The summed E-state index contributed by atoms with van der Waals surface area (Å²) in [7, 11) is 0. The van der Waals surface area contributed by atoms with Crippen LogP contribution in [0.5, 0.6) is 0 Å². The monoisotopic (exact) mass is 448 g/mol. The second-order valence-corrected chi connectivity index (χ2v) is 9.87. The zero-order chi connectivity index (χ0) is 23.8. The van der Waals surface area contributed by atoms with Crippen LogP contribution in [0.4, 0.5) is 0 Å². The highest BCUT2D eigenvalue weighted by Gasteiger charge is 2.39. The molecule has 0 saturated carbocycles. The first kappa shape index (κ1) is 23.1. The van der Waals surface area contributed by atoms with Gasteiger partial charge in [-0.05, 0) is 49.9 Å². The lowest BCUT2D eigenvalue weighted by Crippen LogP contribution is -2.52. The van der Waals surface area contributed by atoms with Crippen LogP contribution in [-0.2, 0) is 22.7 Å². The van der Waals surface area contributed by atoms with Crippen LogP contribution in [0.1, 0.15) is 66.7 Å². The number of carbonyl (C=O) groups is 3. The average molecular weight is 449 g/mol. The van der Waals surface area contributed by atoms with Crippen molar-refractivity contribution in [1.29, 1.82) is 0 Å². The van der Waals surface area contributed by atoms with Crippen LogP contribution in [0, 0.1) is 0 Å². The van der Waals surface area contributed by atoms with E-state index in [9.17, 15) is 14.4 Å². The van der Waals surface area contributed by atoms with Crippen LogP contribution >= 0.6 is 0 Å². The number of benzene rings is 2. The Morgan fingerprint density at radius 3 is 2.55 bits per heavy atom. The Hall–Kier alpha value is -3.03. The number of imide groups is 1. The number of nitrogens with two attached hydrogens (primary N) is 1. The molecule has 33 heavy (non-hydrogen) atoms. The molecule has 4 rings (SSSR count). The average Bonchev–Trinajstić information content (AvgIpc) is 3.08. The first-order valence-corrected chi connectivity index (χ1v) is 11.5. The molecule has 174 valence electrons. The van der Waals surface area contributed by atoms with E-state index in [1.54, 1.807) is 4.90 Å². The molecule has 2 aliphatic heterocycles. The molecule has 2 aromatic rings. The van der Waals surface area contributed by atoms with Gasteiger partial charge in [-0.2, -0.15) is 0 Å². The zero-order valence-corrected chi connectivity index (χ0v) is 19.5. The first-order chi connectivity index (χ1) is 15.6. The van der Waals surface area contributed by atoms with Gasteiger partial charge >= 0.3 is 0 Å². The quantitative estimate of drug-likeness (QED) is 0.635. The van der Waals surface area contributed by atoms with Crippen molar-refractivity contribution in [1.82, 2.24) is 15.1 Å². The van der Waals surface area contributed by atoms with Gasteiger partial charge in [0.2, 0.25) is 11.8 Å². The molecule has 2 aromatic carbocycles. The molecule has 7 nitrogen and oxygen atoms in total. The van der Waals surface area contributed by atoms with E-state index in [2.05, 4.69) is 29.3 Å². The number of piperidine rings is 1. The van der Waals surface area contributed by atoms with E-state index < -0.39 is 6.04 Å². The number of rotatable bonds is 7. The molecule has 2 atom stereocenters. The molecular formula is C26H32N4O3. The van der Waals surface area contributed by atoms with Crippen LogP contribution in [0.15, 0.2) is 48.5 Å². The highest BCUT2D eigenvalue weighted by Crippen LogP contribution is 2.30. The van der Waals surface area contributed by atoms with Crippen LogP contribution in [0.2, 0.25) is 0 Å². The molecule has 2 aliphatic rings. The van der Waals surface area contributed by atoms with Crippen molar-refractivity contribution in [2.75, 3.05) is 6.54 Å². The van der Waals surface area contributed by atoms with Crippen molar-refractivity contribution in [3.05, 3.63) is 70.8 Å². The predicted octanol–water partition coefficient (Wildman–Crippen LogP) is 2.75. The fraction of sp³-hybridized carbons (Fsp3) is 0.423. The molecule has 3 N–H and O–H groups in total. The van der Waals surface area contributed by atoms with E-state index in [0.717, 1.165) is 11.1 Å². The fourth-order valence-electron chi connectivity index (χ4n) is 4.73. The second-order valence-electron chi connectivity index (χ2n) is 9.87. The van der Waals surface area contributed by atoms with E-state index in [1.807, 2.05) is 50.2 Å². The van der Waals surface area contributed by atoms with Crippen molar-refractivity contribution in [3.8, 4) is 0 Å². The maximum atomic E-state index is 13.2. The van der Waals surface area contributed by atoms with Gasteiger partial charge < -0.3 is 10.6 Å². The van der Waals surface area contributed by atoms with Gasteiger partial charge in [-0.1, -0.05) is 42.5 Å². The summed E-state index contributed by atoms with van der Waals surface area (Å²) >= 11 is 0. The predicted molar refractivity (Wildman–Crippen MR) is 126 cm³/mol. The number of hydrogen-bond donors (Lipinski definition) is 2. The molecule has 0 spiro atoms. The molecule has 2 heterocycles. The van der Waals surface area contributed by atoms with Gasteiger partial charge in [-0.15, -0.1) is 0 Å². The Bertz CT molecular complexity index is 1060. The summed E-state index contributed by atoms with van der Waals surface area (Å²) in [6.07, 6.45) is 0.619. The van der Waals surface area contributed by atoms with Gasteiger partial charge in [0.15, 0.2) is 0 Å². The number of hydrogen-bond acceptors (Lipinski definition) is 5. The molecule has 1 saturated heterocycles. The smallest absolute Gasteiger partial charge is 0.255 e. The molecule has 1 fully saturated rings. The Balaban J connectivity index is 1.55. The third kappa shape index (κ3) is 5.15. The first-order valence-electron chi connectivity index (χ1n) is 11.5. The minimum Gasteiger partial charge on any atom is -0.324 e. The summed E-state index contributed by atoms with van der Waals surface area (Å²) in [4.78, 5) is 40.9. The Labute approximate surface area is 194 Å². The molecule has 0 bridgehead atoms. The summed E-state index contributed by atoms with van der Waals surface area (Å²) in [6.45, 7) is 7.93. The minimum absolute atomic E-state index is 0.150. The van der Waals surface area contributed by atoms with Gasteiger partial charge in [0.25, 0.3) is 5.91 Å². The lowest BCUT2D eigenvalue weighted by Gasteiger charge is -2.35. The lowest BCUT2D eigenvalue weighted by molar-refractivity contribution is -0.136. The Morgan fingerprint density at radius 1 is 1.15 bits per heavy atom. The minimum atomic E-state index is -0.598. The van der Waals surface area contributed by atoms with Crippen molar-refractivity contribution in [2.45, 2.75) is 64.3 Å². The molecule has 0 radical (unpaired) electrons. The number of carbonyl (C=O) groups excluding carboxylic acids is 3. The normalized spacial score (nSPS) is 19.6. The Kier molecular flexibility index (Phi) is 6.36. The summed E-state index contributed by atoms with van der Waals surface area (Å²) in [5.74, 6) is -0.818. The maximum absolute atomic E-state index is 13.2. The van der Waals surface area contributed by atoms with Gasteiger partial charge in [0.05, 0.1) is 0 Å². The number of fused-ring (bicyclic) bond motifs is 1. The number of amides is 3. The van der Waals surface area contributed by atoms with Crippen LogP contribution in [0.3, 0.4) is 0 Å². The van der Waals surface area contributed by atoms with E-state index in [-0.39, 0.29) is 35.7 Å². The standard InChI is InChI=1S/C26H32N4O3/c1-17(19-7-5-4-6-8-19)29(16-26(2,3)27)14-18-9-10-20-15-30(25(33)21(20)13-18)22-11-12-23(31)28-24(22)32/h4-10,13,17,22H,11-12,14-16,27H2,1-3H3,(H,28,31,32).